The summed E-state index contributed by atoms with van der Waals surface area (Å²) in [5.41, 5.74) is 3.42. The molecule has 0 N–H and O–H groups in total. The molecular formula is C23H30N2O3. The number of likely N-dealkylation sites (N-methyl/N-ethyl adjacent to an activating group) is 1. The number of nitrogens with zero attached hydrogens (tertiary/aromatic N) is 2. The highest BCUT2D eigenvalue weighted by molar-refractivity contribution is 5.96. The van der Waals surface area contributed by atoms with Crippen molar-refractivity contribution in [3.63, 3.8) is 0 Å². The number of fused-ring (bicyclic) bond motifs is 1. The van der Waals surface area contributed by atoms with Crippen molar-refractivity contribution in [2.24, 2.45) is 0 Å². The number of anilines is 1. The largest absolute Gasteiger partial charge is 0.493 e. The lowest BCUT2D eigenvalue weighted by atomic mass is 9.96. The number of hydrogen-bond acceptors (Lipinski definition) is 4. The van der Waals surface area contributed by atoms with Crippen LogP contribution in [0, 0.1) is 0 Å². The Morgan fingerprint density at radius 3 is 2.61 bits per heavy atom. The van der Waals surface area contributed by atoms with Crippen molar-refractivity contribution in [2.45, 2.75) is 39.3 Å². The number of benzene rings is 2. The zero-order valence-corrected chi connectivity index (χ0v) is 17.3. The van der Waals surface area contributed by atoms with Gasteiger partial charge in [0.25, 0.3) is 0 Å². The van der Waals surface area contributed by atoms with Crippen molar-refractivity contribution >= 4 is 11.6 Å². The summed E-state index contributed by atoms with van der Waals surface area (Å²) in [4.78, 5) is 17.3. The topological polar surface area (TPSA) is 42.0 Å². The van der Waals surface area contributed by atoms with Gasteiger partial charge in [0.05, 0.1) is 20.8 Å². The lowest BCUT2D eigenvalue weighted by Crippen LogP contribution is -2.47. The van der Waals surface area contributed by atoms with Gasteiger partial charge in [-0.1, -0.05) is 31.2 Å². The molecule has 3 rings (SSSR count). The van der Waals surface area contributed by atoms with Gasteiger partial charge in [-0.15, -0.1) is 0 Å². The van der Waals surface area contributed by atoms with Crippen LogP contribution >= 0.6 is 0 Å². The Morgan fingerprint density at radius 1 is 1.14 bits per heavy atom. The van der Waals surface area contributed by atoms with Gasteiger partial charge in [0.15, 0.2) is 11.5 Å². The van der Waals surface area contributed by atoms with Crippen molar-refractivity contribution in [3.8, 4) is 11.5 Å². The maximum atomic E-state index is 13.2. The highest BCUT2D eigenvalue weighted by Crippen LogP contribution is 2.31. The van der Waals surface area contributed by atoms with Crippen LogP contribution in [0.3, 0.4) is 0 Å². The molecule has 0 aliphatic carbocycles. The summed E-state index contributed by atoms with van der Waals surface area (Å²) in [6.07, 6.45) is 2.04. The number of methoxy groups -OCH3 is 2. The third-order valence-electron chi connectivity index (χ3n) is 5.45. The summed E-state index contributed by atoms with van der Waals surface area (Å²) in [5.74, 6) is 1.58. The van der Waals surface area contributed by atoms with E-state index in [0.29, 0.717) is 24.6 Å². The molecule has 5 nitrogen and oxygen atoms in total. The van der Waals surface area contributed by atoms with Gasteiger partial charge in [-0.3, -0.25) is 9.69 Å². The fourth-order valence-electron chi connectivity index (χ4n) is 3.85. The SMILES string of the molecule is CCN(CC(=O)N1c2ccccc2CCC1C)Cc1ccc(OC)c(OC)c1. The smallest absolute Gasteiger partial charge is 0.241 e. The van der Waals surface area contributed by atoms with Gasteiger partial charge in [0.1, 0.15) is 0 Å². The van der Waals surface area contributed by atoms with Crippen LogP contribution in [0.5, 0.6) is 11.5 Å². The van der Waals surface area contributed by atoms with Crippen molar-refractivity contribution < 1.29 is 14.3 Å². The highest BCUT2D eigenvalue weighted by Gasteiger charge is 2.28. The maximum Gasteiger partial charge on any atom is 0.241 e. The molecule has 1 heterocycles. The molecule has 1 aliphatic heterocycles. The summed E-state index contributed by atoms with van der Waals surface area (Å²) in [6.45, 7) is 6.10. The minimum Gasteiger partial charge on any atom is -0.493 e. The van der Waals surface area contributed by atoms with Crippen LogP contribution in [0.4, 0.5) is 5.69 Å². The first-order valence-corrected chi connectivity index (χ1v) is 9.90. The van der Waals surface area contributed by atoms with E-state index >= 15 is 0 Å². The number of rotatable bonds is 7. The molecule has 2 aromatic rings. The normalized spacial score (nSPS) is 16.0. The van der Waals surface area contributed by atoms with E-state index in [1.807, 2.05) is 35.2 Å². The van der Waals surface area contributed by atoms with Crippen molar-refractivity contribution in [3.05, 3.63) is 53.6 Å². The summed E-state index contributed by atoms with van der Waals surface area (Å²) in [6, 6.07) is 14.4. The number of amides is 1. The van der Waals surface area contributed by atoms with Crippen LogP contribution in [0.2, 0.25) is 0 Å². The molecule has 0 fully saturated rings. The van der Waals surface area contributed by atoms with E-state index in [1.54, 1.807) is 14.2 Å². The molecule has 150 valence electrons. The van der Waals surface area contributed by atoms with Crippen molar-refractivity contribution in [1.82, 2.24) is 4.90 Å². The standard InChI is InChI=1S/C23H30N2O3/c1-5-24(15-18-11-13-21(27-3)22(14-18)28-4)16-23(26)25-17(2)10-12-19-8-6-7-9-20(19)25/h6-9,11,13-14,17H,5,10,12,15-16H2,1-4H3. The number of para-hydroxylation sites is 1. The van der Waals surface area contributed by atoms with E-state index < -0.39 is 0 Å². The Bertz CT molecular complexity index is 821. The molecular weight excluding hydrogens is 352 g/mol. The highest BCUT2D eigenvalue weighted by atomic mass is 16.5. The Balaban J connectivity index is 1.74. The Labute approximate surface area is 167 Å². The number of carbonyl (C=O) groups is 1. The molecule has 1 unspecified atom stereocenters. The monoisotopic (exact) mass is 382 g/mol. The molecule has 1 atom stereocenters. The quantitative estimate of drug-likeness (QED) is 0.728. The van der Waals surface area contributed by atoms with Gasteiger partial charge in [-0.2, -0.15) is 0 Å². The molecule has 1 amide bonds. The molecule has 0 radical (unpaired) electrons. The van der Waals surface area contributed by atoms with Gasteiger partial charge >= 0.3 is 0 Å². The second-order valence-electron chi connectivity index (χ2n) is 7.27. The first-order chi connectivity index (χ1) is 13.6. The lowest BCUT2D eigenvalue weighted by Gasteiger charge is -2.36. The van der Waals surface area contributed by atoms with Gasteiger partial charge in [-0.25, -0.2) is 0 Å². The van der Waals surface area contributed by atoms with Crippen LogP contribution in [-0.2, 0) is 17.8 Å². The van der Waals surface area contributed by atoms with E-state index in [2.05, 4.69) is 30.9 Å². The zero-order valence-electron chi connectivity index (χ0n) is 17.3. The summed E-state index contributed by atoms with van der Waals surface area (Å²) >= 11 is 0. The minimum absolute atomic E-state index is 0.155. The average molecular weight is 383 g/mol. The number of aryl methyl sites for hydroxylation is 1. The first-order valence-electron chi connectivity index (χ1n) is 9.90. The number of ether oxygens (including phenoxy) is 2. The molecule has 0 spiro atoms. The van der Waals surface area contributed by atoms with Crippen LogP contribution < -0.4 is 14.4 Å². The van der Waals surface area contributed by atoms with Crippen molar-refractivity contribution in [2.75, 3.05) is 32.2 Å². The zero-order chi connectivity index (χ0) is 20.1. The molecule has 5 heteroatoms. The number of carbonyl (C=O) groups excluding carboxylic acids is 1. The van der Waals surface area contributed by atoms with E-state index in [0.717, 1.165) is 30.6 Å². The molecule has 2 aromatic carbocycles. The van der Waals surface area contributed by atoms with E-state index in [4.69, 9.17) is 9.47 Å². The third kappa shape index (κ3) is 4.30. The second-order valence-corrected chi connectivity index (χ2v) is 7.27. The van der Waals surface area contributed by atoms with Crippen molar-refractivity contribution in [1.29, 1.82) is 0 Å². The Morgan fingerprint density at radius 2 is 1.89 bits per heavy atom. The average Bonchev–Trinajstić information content (AvgIpc) is 2.72. The Kier molecular flexibility index (Phi) is 6.57. The first kappa shape index (κ1) is 20.2. The van der Waals surface area contributed by atoms with Gasteiger partial charge in [0, 0.05) is 18.3 Å². The molecule has 28 heavy (non-hydrogen) atoms. The van der Waals surface area contributed by atoms with Crippen LogP contribution in [0.15, 0.2) is 42.5 Å². The Hall–Kier alpha value is -2.53. The maximum absolute atomic E-state index is 13.2. The molecule has 0 saturated heterocycles. The van der Waals surface area contributed by atoms with Gasteiger partial charge < -0.3 is 14.4 Å². The lowest BCUT2D eigenvalue weighted by molar-refractivity contribution is -0.120. The van der Waals surface area contributed by atoms with Crippen LogP contribution in [-0.4, -0.2) is 44.2 Å². The molecule has 1 aliphatic rings. The predicted octanol–water partition coefficient (Wildman–Crippen LogP) is 3.89. The minimum atomic E-state index is 0.155. The third-order valence-corrected chi connectivity index (χ3v) is 5.45. The fourth-order valence-corrected chi connectivity index (χ4v) is 3.85. The van der Waals surface area contributed by atoms with Gasteiger partial charge in [0.2, 0.25) is 5.91 Å². The van der Waals surface area contributed by atoms with Crippen LogP contribution in [0.25, 0.3) is 0 Å². The van der Waals surface area contributed by atoms with Gasteiger partial charge in [-0.05, 0) is 55.6 Å². The number of hydrogen-bond donors (Lipinski definition) is 0. The summed E-state index contributed by atoms with van der Waals surface area (Å²) < 4.78 is 10.7. The second kappa shape index (κ2) is 9.11. The summed E-state index contributed by atoms with van der Waals surface area (Å²) in [7, 11) is 3.27. The molecule has 0 aromatic heterocycles. The van der Waals surface area contributed by atoms with Crippen LogP contribution in [0.1, 0.15) is 31.4 Å². The van der Waals surface area contributed by atoms with E-state index in [1.165, 1.54) is 5.56 Å². The van der Waals surface area contributed by atoms with E-state index in [9.17, 15) is 4.79 Å². The fraction of sp³-hybridized carbons (Fsp3) is 0.435. The van der Waals surface area contributed by atoms with E-state index in [-0.39, 0.29) is 11.9 Å². The predicted molar refractivity (Wildman–Crippen MR) is 112 cm³/mol. The molecule has 0 saturated carbocycles. The summed E-state index contributed by atoms with van der Waals surface area (Å²) in [5, 5.41) is 0. The molecule has 0 bridgehead atoms.